The van der Waals surface area contributed by atoms with E-state index in [2.05, 4.69) is 25.8 Å². The lowest BCUT2D eigenvalue weighted by atomic mass is 9.86. The van der Waals surface area contributed by atoms with E-state index in [-0.39, 0.29) is 22.9 Å². The van der Waals surface area contributed by atoms with Crippen molar-refractivity contribution in [2.75, 3.05) is 40.0 Å². The molecule has 5 atom stereocenters. The lowest BCUT2D eigenvalue weighted by molar-refractivity contribution is -0.102. The molecule has 1 saturated carbocycles. The van der Waals surface area contributed by atoms with Gasteiger partial charge in [0.05, 0.1) is 37.6 Å². The minimum absolute atomic E-state index is 0.156. The number of methoxy groups -OCH3 is 1. The molecule has 2 aromatic carbocycles. The molecule has 0 amide bonds. The largest absolute Gasteiger partial charge is 0.485 e. The molecule has 5 unspecified atom stereocenters. The summed E-state index contributed by atoms with van der Waals surface area (Å²) < 4.78 is 18.7. The molecule has 2 aliphatic heterocycles. The molecule has 3 aromatic rings. The maximum Gasteiger partial charge on any atom is 0.224 e. The minimum Gasteiger partial charge on any atom is -0.485 e. The van der Waals surface area contributed by atoms with E-state index in [9.17, 15) is 10.2 Å². The fourth-order valence-electron chi connectivity index (χ4n) is 6.16. The number of hydrogen-bond acceptors (Lipinski definition) is 7. The molecular weight excluding hydrogens is 560 g/mol. The first-order valence-electron chi connectivity index (χ1n) is 12.4. The summed E-state index contributed by atoms with van der Waals surface area (Å²) in [5.41, 5.74) is 0.965. The average molecular weight is 588 g/mol. The van der Waals surface area contributed by atoms with Crippen molar-refractivity contribution in [1.29, 1.82) is 0 Å². The number of aliphatic hydroxyl groups is 2. The fraction of sp³-hybridized carbons (Fsp3) is 0.393. The molecule has 7 nitrogen and oxygen atoms in total. The number of halogens is 2. The molecule has 0 bridgehead atoms. The van der Waals surface area contributed by atoms with Crippen LogP contribution in [0.2, 0.25) is 5.15 Å². The number of aliphatic hydroxyl groups excluding tert-OH is 1. The van der Waals surface area contributed by atoms with Crippen LogP contribution in [0.5, 0.6) is 11.6 Å². The number of benzene rings is 2. The molecule has 1 aliphatic carbocycles. The Morgan fingerprint density at radius 1 is 1.14 bits per heavy atom. The Morgan fingerprint density at radius 3 is 2.51 bits per heavy atom. The molecule has 2 N–H and O–H groups in total. The van der Waals surface area contributed by atoms with Crippen molar-refractivity contribution in [1.82, 2.24) is 9.88 Å². The Kier molecular flexibility index (Phi) is 6.67. The van der Waals surface area contributed by atoms with E-state index in [0.717, 1.165) is 28.7 Å². The van der Waals surface area contributed by atoms with Crippen molar-refractivity contribution < 1.29 is 24.4 Å². The van der Waals surface area contributed by atoms with Gasteiger partial charge in [0.15, 0.2) is 5.60 Å². The van der Waals surface area contributed by atoms with Crippen LogP contribution >= 0.6 is 27.5 Å². The van der Waals surface area contributed by atoms with Crippen LogP contribution < -0.4 is 9.47 Å². The predicted molar refractivity (Wildman–Crippen MR) is 143 cm³/mol. The van der Waals surface area contributed by atoms with E-state index >= 15 is 0 Å². The highest BCUT2D eigenvalue weighted by atomic mass is 79.9. The third kappa shape index (κ3) is 4.06. The van der Waals surface area contributed by atoms with E-state index in [0.29, 0.717) is 36.6 Å². The monoisotopic (exact) mass is 586 g/mol. The van der Waals surface area contributed by atoms with E-state index in [1.54, 1.807) is 0 Å². The molecular formula is C28H28BrClN2O5. The lowest BCUT2D eigenvalue weighted by Gasteiger charge is -2.34. The van der Waals surface area contributed by atoms with Crippen LogP contribution in [0.1, 0.15) is 17.0 Å². The van der Waals surface area contributed by atoms with Gasteiger partial charge in [0.25, 0.3) is 0 Å². The van der Waals surface area contributed by atoms with Crippen molar-refractivity contribution in [3.8, 4) is 22.8 Å². The Hall–Kier alpha value is -2.20. The lowest BCUT2D eigenvalue weighted by Crippen LogP contribution is -2.46. The van der Waals surface area contributed by atoms with Gasteiger partial charge in [0.1, 0.15) is 17.0 Å². The maximum atomic E-state index is 12.4. The normalized spacial score (nSPS) is 29.0. The van der Waals surface area contributed by atoms with E-state index < -0.39 is 17.8 Å². The number of ether oxygens (including phenoxy) is 3. The quantitative estimate of drug-likeness (QED) is 0.433. The average Bonchev–Trinajstić information content (AvgIpc) is 3.32. The van der Waals surface area contributed by atoms with Crippen LogP contribution in [0.25, 0.3) is 11.1 Å². The summed E-state index contributed by atoms with van der Waals surface area (Å²) >= 11 is 10.1. The summed E-state index contributed by atoms with van der Waals surface area (Å²) in [4.78, 5) is 6.78. The standard InChI is InChI=1S/C28H28BrClN2O5/c1-35-27-22-23(21(26(30)31-27)17-7-9-18(29)10-8-17)37-25-20(16-5-3-2-4-6-16)19(24(33)28(22,25)34)15-32-11-13-36-14-12-32/h2-10,19-20,24-25,33-34H,11-15H2,1H3. The maximum absolute atomic E-state index is 12.4. The molecule has 9 heteroatoms. The second-order valence-corrected chi connectivity index (χ2v) is 11.1. The van der Waals surface area contributed by atoms with Crippen LogP contribution in [-0.4, -0.2) is 72.3 Å². The first-order chi connectivity index (χ1) is 17.9. The first-order valence-corrected chi connectivity index (χ1v) is 13.6. The van der Waals surface area contributed by atoms with Gasteiger partial charge >= 0.3 is 0 Å². The number of fused-ring (bicyclic) bond motifs is 3. The molecule has 0 radical (unpaired) electrons. The van der Waals surface area contributed by atoms with Crippen LogP contribution in [0.3, 0.4) is 0 Å². The fourth-order valence-corrected chi connectivity index (χ4v) is 6.70. The number of hydrogen-bond donors (Lipinski definition) is 2. The van der Waals surface area contributed by atoms with Gasteiger partial charge in [-0.2, -0.15) is 0 Å². The van der Waals surface area contributed by atoms with Gasteiger partial charge in [-0.1, -0.05) is 70.0 Å². The molecule has 1 saturated heterocycles. The van der Waals surface area contributed by atoms with Crippen LogP contribution in [0.15, 0.2) is 59.1 Å². The minimum atomic E-state index is -1.74. The zero-order chi connectivity index (χ0) is 25.7. The Bertz CT molecular complexity index is 1290. The first kappa shape index (κ1) is 25.1. The summed E-state index contributed by atoms with van der Waals surface area (Å²) in [6.45, 7) is 3.46. The van der Waals surface area contributed by atoms with Crippen LogP contribution in [-0.2, 0) is 10.3 Å². The number of nitrogens with zero attached hydrogens (tertiary/aromatic N) is 2. The van der Waals surface area contributed by atoms with Crippen molar-refractivity contribution in [3.05, 3.63) is 75.4 Å². The van der Waals surface area contributed by atoms with Crippen LogP contribution in [0.4, 0.5) is 0 Å². The van der Waals surface area contributed by atoms with Gasteiger partial charge < -0.3 is 24.4 Å². The molecule has 194 valence electrons. The van der Waals surface area contributed by atoms with Crippen molar-refractivity contribution in [2.24, 2.45) is 5.92 Å². The number of pyridine rings is 1. The van der Waals surface area contributed by atoms with Gasteiger partial charge in [0, 0.05) is 35.9 Å². The summed E-state index contributed by atoms with van der Waals surface area (Å²) in [5, 5.41) is 24.5. The zero-order valence-electron chi connectivity index (χ0n) is 20.3. The molecule has 3 heterocycles. The second kappa shape index (κ2) is 9.84. The van der Waals surface area contributed by atoms with E-state index in [1.165, 1.54) is 7.11 Å². The summed E-state index contributed by atoms with van der Waals surface area (Å²) in [7, 11) is 1.48. The molecule has 6 rings (SSSR count). The van der Waals surface area contributed by atoms with Crippen molar-refractivity contribution in [2.45, 2.75) is 23.7 Å². The summed E-state index contributed by atoms with van der Waals surface area (Å²) in [6.07, 6.45) is -1.88. The predicted octanol–water partition coefficient (Wildman–Crippen LogP) is 4.23. The smallest absolute Gasteiger partial charge is 0.224 e. The molecule has 1 aromatic heterocycles. The van der Waals surface area contributed by atoms with Gasteiger partial charge in [-0.3, -0.25) is 4.90 Å². The Balaban J connectivity index is 1.51. The number of rotatable bonds is 5. The highest BCUT2D eigenvalue weighted by Gasteiger charge is 2.68. The van der Waals surface area contributed by atoms with Crippen molar-refractivity contribution in [3.63, 3.8) is 0 Å². The second-order valence-electron chi connectivity index (χ2n) is 9.82. The molecule has 37 heavy (non-hydrogen) atoms. The number of aromatic nitrogens is 1. The van der Waals surface area contributed by atoms with Gasteiger partial charge in [-0.15, -0.1) is 0 Å². The summed E-state index contributed by atoms with van der Waals surface area (Å²) in [5.74, 6) is -0.0157. The molecule has 3 aliphatic rings. The number of morpholine rings is 1. The Labute approximate surface area is 229 Å². The third-order valence-corrected chi connectivity index (χ3v) is 8.68. The van der Waals surface area contributed by atoms with Gasteiger partial charge in [-0.05, 0) is 23.3 Å². The van der Waals surface area contributed by atoms with Crippen LogP contribution in [0, 0.1) is 5.92 Å². The van der Waals surface area contributed by atoms with E-state index in [4.69, 9.17) is 25.8 Å². The van der Waals surface area contributed by atoms with Crippen molar-refractivity contribution >= 4 is 27.5 Å². The Morgan fingerprint density at radius 2 is 1.84 bits per heavy atom. The summed E-state index contributed by atoms with van der Waals surface area (Å²) in [6, 6.07) is 17.6. The topological polar surface area (TPSA) is 84.3 Å². The third-order valence-electron chi connectivity index (χ3n) is 7.88. The highest BCUT2D eigenvalue weighted by Crippen LogP contribution is 2.62. The zero-order valence-corrected chi connectivity index (χ0v) is 22.7. The molecule has 2 fully saturated rings. The SMILES string of the molecule is COc1nc(Cl)c(-c2ccc(Br)cc2)c2c1C1(O)C(O)C(CN3CCOCC3)C(c3ccccc3)C1O2. The molecule has 0 spiro atoms. The van der Waals surface area contributed by atoms with E-state index in [1.807, 2.05) is 54.6 Å². The van der Waals surface area contributed by atoms with Gasteiger partial charge in [-0.25, -0.2) is 4.98 Å². The highest BCUT2D eigenvalue weighted by molar-refractivity contribution is 9.10. The van der Waals surface area contributed by atoms with Gasteiger partial charge in [0.2, 0.25) is 5.88 Å².